The predicted octanol–water partition coefficient (Wildman–Crippen LogP) is 2.86. The second-order valence-corrected chi connectivity index (χ2v) is 6.74. The van der Waals surface area contributed by atoms with Crippen molar-refractivity contribution in [3.05, 3.63) is 50.9 Å². The number of aromatic nitrogens is 1. The number of aryl methyl sites for hydroxylation is 1. The Hall–Kier alpha value is -1.39. The van der Waals surface area contributed by atoms with Crippen molar-refractivity contribution < 1.29 is 4.79 Å². The Morgan fingerprint density at radius 1 is 1.19 bits per heavy atom. The minimum Gasteiger partial charge on any atom is -0.356 e. The first-order chi connectivity index (χ1) is 12.1. The third-order valence-corrected chi connectivity index (χ3v) is 4.54. The number of carbonyl (C=O) groups excluding carboxylic acids is 1. The quantitative estimate of drug-likeness (QED) is 0.233. The molecule has 0 spiro atoms. The molecule has 9 heteroatoms. The van der Waals surface area contributed by atoms with Crippen molar-refractivity contribution in [2.45, 2.75) is 13.3 Å². The van der Waals surface area contributed by atoms with E-state index < -0.39 is 0 Å². The van der Waals surface area contributed by atoms with Gasteiger partial charge >= 0.3 is 0 Å². The van der Waals surface area contributed by atoms with E-state index in [0.717, 1.165) is 23.7 Å². The SMILES string of the molecule is CN=C(NCCNC(=O)c1ccccc1Cl)NCCc1csc(C)n1.I. The van der Waals surface area contributed by atoms with E-state index in [1.807, 2.05) is 6.92 Å². The van der Waals surface area contributed by atoms with Gasteiger partial charge in [0, 0.05) is 38.5 Å². The molecule has 1 aromatic carbocycles. The van der Waals surface area contributed by atoms with Gasteiger partial charge in [-0.25, -0.2) is 4.98 Å². The van der Waals surface area contributed by atoms with Crippen LogP contribution in [0.25, 0.3) is 0 Å². The number of rotatable bonds is 7. The van der Waals surface area contributed by atoms with Crippen LogP contribution in [0.4, 0.5) is 0 Å². The third-order valence-electron chi connectivity index (χ3n) is 3.39. The number of guanidine groups is 1. The van der Waals surface area contributed by atoms with Gasteiger partial charge < -0.3 is 16.0 Å². The zero-order valence-corrected chi connectivity index (χ0v) is 18.6. The minimum atomic E-state index is -0.186. The zero-order chi connectivity index (χ0) is 18.1. The monoisotopic (exact) mass is 507 g/mol. The van der Waals surface area contributed by atoms with Gasteiger partial charge in [0.2, 0.25) is 0 Å². The highest BCUT2D eigenvalue weighted by molar-refractivity contribution is 14.0. The van der Waals surface area contributed by atoms with E-state index in [9.17, 15) is 4.79 Å². The van der Waals surface area contributed by atoms with E-state index in [2.05, 4.69) is 31.3 Å². The lowest BCUT2D eigenvalue weighted by Crippen LogP contribution is -2.42. The molecule has 0 aliphatic rings. The molecular formula is C17H23ClIN5OS. The van der Waals surface area contributed by atoms with E-state index in [1.54, 1.807) is 42.6 Å². The molecule has 0 fully saturated rings. The topological polar surface area (TPSA) is 78.4 Å². The van der Waals surface area contributed by atoms with Crippen LogP contribution in [0.15, 0.2) is 34.6 Å². The van der Waals surface area contributed by atoms with E-state index in [0.29, 0.717) is 29.6 Å². The second kappa shape index (κ2) is 12.1. The average Bonchev–Trinajstić information content (AvgIpc) is 3.02. The average molecular weight is 508 g/mol. The molecule has 0 radical (unpaired) electrons. The summed E-state index contributed by atoms with van der Waals surface area (Å²) in [5.41, 5.74) is 1.56. The van der Waals surface area contributed by atoms with Crippen LogP contribution in [0, 0.1) is 6.92 Å². The molecule has 2 rings (SSSR count). The van der Waals surface area contributed by atoms with Gasteiger partial charge in [-0.3, -0.25) is 9.79 Å². The number of carbonyl (C=O) groups is 1. The number of benzene rings is 1. The highest BCUT2D eigenvalue weighted by atomic mass is 127. The summed E-state index contributed by atoms with van der Waals surface area (Å²) in [7, 11) is 1.71. The maximum atomic E-state index is 12.0. The Labute approximate surface area is 179 Å². The molecule has 6 nitrogen and oxygen atoms in total. The Kier molecular flexibility index (Phi) is 10.5. The van der Waals surface area contributed by atoms with Crippen molar-refractivity contribution in [3.8, 4) is 0 Å². The Balaban J connectivity index is 0.00000338. The van der Waals surface area contributed by atoms with Crippen LogP contribution in [0.5, 0.6) is 0 Å². The van der Waals surface area contributed by atoms with E-state index in [1.165, 1.54) is 0 Å². The molecule has 1 aromatic heterocycles. The summed E-state index contributed by atoms with van der Waals surface area (Å²) in [6.45, 7) is 3.77. The number of hydrogen-bond donors (Lipinski definition) is 3. The summed E-state index contributed by atoms with van der Waals surface area (Å²) >= 11 is 7.66. The van der Waals surface area contributed by atoms with Crippen molar-refractivity contribution in [1.82, 2.24) is 20.9 Å². The molecule has 26 heavy (non-hydrogen) atoms. The highest BCUT2D eigenvalue weighted by Crippen LogP contribution is 2.14. The summed E-state index contributed by atoms with van der Waals surface area (Å²) in [4.78, 5) is 20.6. The lowest BCUT2D eigenvalue weighted by molar-refractivity contribution is 0.0954. The van der Waals surface area contributed by atoms with Gasteiger partial charge in [0.1, 0.15) is 0 Å². The van der Waals surface area contributed by atoms with Crippen molar-refractivity contribution in [2.24, 2.45) is 4.99 Å². The molecule has 0 unspecified atom stereocenters. The van der Waals surface area contributed by atoms with E-state index in [-0.39, 0.29) is 29.9 Å². The van der Waals surface area contributed by atoms with Crippen LogP contribution in [-0.4, -0.2) is 43.5 Å². The van der Waals surface area contributed by atoms with Gasteiger partial charge in [-0.05, 0) is 19.1 Å². The normalized spacial score (nSPS) is 10.8. The fourth-order valence-corrected chi connectivity index (χ4v) is 3.02. The van der Waals surface area contributed by atoms with Crippen LogP contribution in [0.2, 0.25) is 5.02 Å². The summed E-state index contributed by atoms with van der Waals surface area (Å²) in [5.74, 6) is 0.508. The Morgan fingerprint density at radius 3 is 2.54 bits per heavy atom. The smallest absolute Gasteiger partial charge is 0.252 e. The number of nitrogens with one attached hydrogen (secondary N) is 3. The molecule has 0 saturated heterocycles. The summed E-state index contributed by atoms with van der Waals surface area (Å²) in [5, 5.41) is 12.8. The highest BCUT2D eigenvalue weighted by Gasteiger charge is 2.08. The lowest BCUT2D eigenvalue weighted by atomic mass is 10.2. The summed E-state index contributed by atoms with van der Waals surface area (Å²) in [6.07, 6.45) is 0.842. The number of aliphatic imine (C=N–C) groups is 1. The summed E-state index contributed by atoms with van der Waals surface area (Å²) < 4.78 is 0. The fourth-order valence-electron chi connectivity index (χ4n) is 2.15. The molecule has 3 N–H and O–H groups in total. The van der Waals surface area contributed by atoms with Crippen LogP contribution >= 0.6 is 46.9 Å². The molecule has 0 aliphatic carbocycles. The van der Waals surface area contributed by atoms with Gasteiger partial charge in [-0.15, -0.1) is 35.3 Å². The van der Waals surface area contributed by atoms with Crippen LogP contribution in [-0.2, 0) is 6.42 Å². The molecular weight excluding hydrogens is 485 g/mol. The third kappa shape index (κ3) is 7.46. The van der Waals surface area contributed by atoms with E-state index in [4.69, 9.17) is 11.6 Å². The first-order valence-electron chi connectivity index (χ1n) is 7.98. The predicted molar refractivity (Wildman–Crippen MR) is 119 cm³/mol. The van der Waals surface area contributed by atoms with Crippen molar-refractivity contribution >= 4 is 58.8 Å². The fraction of sp³-hybridized carbons (Fsp3) is 0.353. The maximum absolute atomic E-state index is 12.0. The molecule has 0 aliphatic heterocycles. The number of hydrogen-bond acceptors (Lipinski definition) is 4. The van der Waals surface area contributed by atoms with E-state index >= 15 is 0 Å². The van der Waals surface area contributed by atoms with Gasteiger partial charge in [-0.1, -0.05) is 23.7 Å². The molecule has 0 bridgehead atoms. The largest absolute Gasteiger partial charge is 0.356 e. The standard InChI is InChI=1S/C17H22ClN5OS.HI/c1-12-23-13(11-25-12)7-8-21-17(19-2)22-10-9-20-16(24)14-5-3-4-6-15(14)18;/h3-6,11H,7-10H2,1-2H3,(H,20,24)(H2,19,21,22);1H. The Bertz CT molecular complexity index is 737. The van der Waals surface area contributed by atoms with Crippen LogP contribution in [0.3, 0.4) is 0 Å². The minimum absolute atomic E-state index is 0. The molecule has 142 valence electrons. The van der Waals surface area contributed by atoms with Crippen LogP contribution < -0.4 is 16.0 Å². The Morgan fingerprint density at radius 2 is 1.88 bits per heavy atom. The molecule has 1 amide bonds. The number of amides is 1. The van der Waals surface area contributed by atoms with Gasteiger partial charge in [-0.2, -0.15) is 0 Å². The second-order valence-electron chi connectivity index (χ2n) is 5.27. The van der Waals surface area contributed by atoms with Gasteiger partial charge in [0.05, 0.1) is 21.3 Å². The lowest BCUT2D eigenvalue weighted by Gasteiger charge is -2.12. The first kappa shape index (κ1) is 22.7. The molecule has 1 heterocycles. The zero-order valence-electron chi connectivity index (χ0n) is 14.7. The molecule has 0 atom stereocenters. The van der Waals surface area contributed by atoms with Gasteiger partial charge in [0.25, 0.3) is 5.91 Å². The molecule has 2 aromatic rings. The van der Waals surface area contributed by atoms with Crippen molar-refractivity contribution in [1.29, 1.82) is 0 Å². The molecule has 0 saturated carbocycles. The number of nitrogens with zero attached hydrogens (tertiary/aromatic N) is 2. The maximum Gasteiger partial charge on any atom is 0.252 e. The first-order valence-corrected chi connectivity index (χ1v) is 9.24. The van der Waals surface area contributed by atoms with Crippen LogP contribution in [0.1, 0.15) is 21.1 Å². The summed E-state index contributed by atoms with van der Waals surface area (Å²) in [6, 6.07) is 6.98. The van der Waals surface area contributed by atoms with Gasteiger partial charge in [0.15, 0.2) is 5.96 Å². The number of thiazole rings is 1. The van der Waals surface area contributed by atoms with Crippen molar-refractivity contribution in [2.75, 3.05) is 26.7 Å². The van der Waals surface area contributed by atoms with Crippen molar-refractivity contribution in [3.63, 3.8) is 0 Å². The number of halogens is 2.